The maximum Gasteiger partial charge on any atom is 0.265 e. The van der Waals surface area contributed by atoms with Crippen LogP contribution >= 0.6 is 11.6 Å². The Bertz CT molecular complexity index is 782. The quantitative estimate of drug-likeness (QED) is 0.642. The van der Waals surface area contributed by atoms with E-state index in [1.165, 1.54) is 0 Å². The smallest absolute Gasteiger partial charge is 0.265 e. The number of amides is 2. The molecule has 0 saturated heterocycles. The lowest BCUT2D eigenvalue weighted by Gasteiger charge is -2.16. The minimum absolute atomic E-state index is 0.259. The number of para-hydroxylation sites is 1. The summed E-state index contributed by atoms with van der Waals surface area (Å²) in [6.45, 7) is 2.68. The molecular weight excluding hydrogens is 368 g/mol. The summed E-state index contributed by atoms with van der Waals surface area (Å²) < 4.78 is 10.6. The van der Waals surface area contributed by atoms with Crippen LogP contribution in [0.5, 0.6) is 5.75 Å². The van der Waals surface area contributed by atoms with Crippen LogP contribution in [-0.2, 0) is 9.53 Å². The van der Waals surface area contributed by atoms with Gasteiger partial charge in [0, 0.05) is 25.3 Å². The molecule has 7 heteroatoms. The number of rotatable bonds is 9. The summed E-state index contributed by atoms with van der Waals surface area (Å²) in [7, 11) is 1.61. The SMILES string of the molecule is COCCCNC(=O)c1ccccc1NC(=O)[C@@H](C)Oc1cccc(Cl)c1. The van der Waals surface area contributed by atoms with E-state index in [1.54, 1.807) is 62.6 Å². The number of methoxy groups -OCH3 is 1. The molecule has 1 atom stereocenters. The van der Waals surface area contributed by atoms with Gasteiger partial charge in [0.25, 0.3) is 11.8 Å². The van der Waals surface area contributed by atoms with Gasteiger partial charge >= 0.3 is 0 Å². The van der Waals surface area contributed by atoms with E-state index in [-0.39, 0.29) is 11.8 Å². The summed E-state index contributed by atoms with van der Waals surface area (Å²) in [6, 6.07) is 13.6. The van der Waals surface area contributed by atoms with Crippen LogP contribution in [0.1, 0.15) is 23.7 Å². The maximum atomic E-state index is 12.5. The second-order valence-electron chi connectivity index (χ2n) is 5.85. The molecule has 0 aliphatic carbocycles. The molecule has 2 aromatic carbocycles. The highest BCUT2D eigenvalue weighted by atomic mass is 35.5. The van der Waals surface area contributed by atoms with E-state index < -0.39 is 6.10 Å². The molecule has 0 aliphatic rings. The van der Waals surface area contributed by atoms with Crippen LogP contribution in [0.3, 0.4) is 0 Å². The van der Waals surface area contributed by atoms with Gasteiger partial charge in [-0.25, -0.2) is 0 Å². The molecule has 2 rings (SSSR count). The van der Waals surface area contributed by atoms with Gasteiger partial charge in [0.05, 0.1) is 11.3 Å². The van der Waals surface area contributed by atoms with Gasteiger partial charge in [0.15, 0.2) is 6.10 Å². The highest BCUT2D eigenvalue weighted by molar-refractivity contribution is 6.30. The fourth-order valence-corrected chi connectivity index (χ4v) is 2.52. The Morgan fingerprint density at radius 1 is 1.15 bits per heavy atom. The zero-order valence-corrected chi connectivity index (χ0v) is 16.1. The summed E-state index contributed by atoms with van der Waals surface area (Å²) in [5.41, 5.74) is 0.812. The summed E-state index contributed by atoms with van der Waals surface area (Å²) in [6.07, 6.45) is -0.0531. The van der Waals surface area contributed by atoms with Gasteiger partial charge in [-0.15, -0.1) is 0 Å². The molecule has 0 saturated carbocycles. The molecule has 0 radical (unpaired) electrons. The molecule has 27 heavy (non-hydrogen) atoms. The molecule has 0 bridgehead atoms. The van der Waals surface area contributed by atoms with Crippen molar-refractivity contribution in [1.29, 1.82) is 0 Å². The Balaban J connectivity index is 1.99. The summed E-state index contributed by atoms with van der Waals surface area (Å²) in [5, 5.41) is 6.08. The molecule has 0 spiro atoms. The van der Waals surface area contributed by atoms with Crippen molar-refractivity contribution in [3.8, 4) is 5.75 Å². The monoisotopic (exact) mass is 390 g/mol. The lowest BCUT2D eigenvalue weighted by Crippen LogP contribution is -2.32. The molecule has 2 aromatic rings. The van der Waals surface area contributed by atoms with E-state index in [0.717, 1.165) is 0 Å². The van der Waals surface area contributed by atoms with Gasteiger partial charge in [-0.1, -0.05) is 29.8 Å². The molecule has 144 valence electrons. The van der Waals surface area contributed by atoms with Crippen molar-refractivity contribution in [1.82, 2.24) is 5.32 Å². The number of halogens is 1. The van der Waals surface area contributed by atoms with Gasteiger partial charge < -0.3 is 20.1 Å². The van der Waals surface area contributed by atoms with E-state index in [2.05, 4.69) is 10.6 Å². The molecule has 0 aromatic heterocycles. The van der Waals surface area contributed by atoms with E-state index in [9.17, 15) is 9.59 Å². The van der Waals surface area contributed by atoms with Crippen LogP contribution < -0.4 is 15.4 Å². The zero-order chi connectivity index (χ0) is 19.6. The standard InChI is InChI=1S/C20H23ClN2O4/c1-14(27-16-8-5-7-15(21)13-16)19(24)23-18-10-4-3-9-17(18)20(25)22-11-6-12-26-2/h3-5,7-10,13-14H,6,11-12H2,1-2H3,(H,22,25)(H,23,24)/t14-/m1/s1. The number of benzene rings is 2. The molecule has 2 N–H and O–H groups in total. The molecule has 0 aliphatic heterocycles. The van der Waals surface area contributed by atoms with Crippen molar-refractivity contribution in [2.75, 3.05) is 25.6 Å². The largest absolute Gasteiger partial charge is 0.481 e. The van der Waals surface area contributed by atoms with E-state index in [0.29, 0.717) is 41.6 Å². The number of carbonyl (C=O) groups excluding carboxylic acids is 2. The molecule has 2 amide bonds. The lowest BCUT2D eigenvalue weighted by molar-refractivity contribution is -0.122. The van der Waals surface area contributed by atoms with Crippen LogP contribution in [0.4, 0.5) is 5.69 Å². The third-order valence-corrected chi connectivity index (χ3v) is 3.95. The fourth-order valence-electron chi connectivity index (χ4n) is 2.34. The van der Waals surface area contributed by atoms with Crippen molar-refractivity contribution in [3.05, 3.63) is 59.1 Å². The number of ether oxygens (including phenoxy) is 2. The summed E-state index contributed by atoms with van der Waals surface area (Å²) >= 11 is 5.92. The average Bonchev–Trinajstić information content (AvgIpc) is 2.65. The molecule has 0 heterocycles. The molecule has 0 unspecified atom stereocenters. The fraction of sp³-hybridized carbons (Fsp3) is 0.300. The predicted molar refractivity (Wildman–Crippen MR) is 105 cm³/mol. The van der Waals surface area contributed by atoms with Gasteiger partial charge in [-0.3, -0.25) is 9.59 Å². The Labute approximate surface area is 163 Å². The second kappa shape index (κ2) is 10.5. The van der Waals surface area contributed by atoms with Crippen LogP contribution in [0, 0.1) is 0 Å². The van der Waals surface area contributed by atoms with Crippen LogP contribution in [0.15, 0.2) is 48.5 Å². The van der Waals surface area contributed by atoms with Crippen molar-refractivity contribution in [2.24, 2.45) is 0 Å². The molecule has 0 fully saturated rings. The Morgan fingerprint density at radius 2 is 1.93 bits per heavy atom. The van der Waals surface area contributed by atoms with Gasteiger partial charge in [0.1, 0.15) is 5.75 Å². The third-order valence-electron chi connectivity index (χ3n) is 3.72. The zero-order valence-electron chi connectivity index (χ0n) is 15.3. The van der Waals surface area contributed by atoms with Gasteiger partial charge in [-0.05, 0) is 43.7 Å². The highest BCUT2D eigenvalue weighted by Gasteiger charge is 2.18. The topological polar surface area (TPSA) is 76.7 Å². The number of nitrogens with one attached hydrogen (secondary N) is 2. The van der Waals surface area contributed by atoms with Crippen molar-refractivity contribution in [2.45, 2.75) is 19.4 Å². The first kappa shape index (κ1) is 20.7. The predicted octanol–water partition coefficient (Wildman–Crippen LogP) is 3.51. The first-order valence-electron chi connectivity index (χ1n) is 8.60. The third kappa shape index (κ3) is 6.58. The first-order chi connectivity index (χ1) is 13.0. The van der Waals surface area contributed by atoms with E-state index >= 15 is 0 Å². The molecule has 6 nitrogen and oxygen atoms in total. The summed E-state index contributed by atoms with van der Waals surface area (Å²) in [4.78, 5) is 24.8. The lowest BCUT2D eigenvalue weighted by atomic mass is 10.1. The van der Waals surface area contributed by atoms with Crippen LogP contribution in [0.2, 0.25) is 5.02 Å². The average molecular weight is 391 g/mol. The number of carbonyl (C=O) groups is 2. The van der Waals surface area contributed by atoms with Gasteiger partial charge in [0.2, 0.25) is 0 Å². The number of hydrogen-bond donors (Lipinski definition) is 2. The Morgan fingerprint density at radius 3 is 2.67 bits per heavy atom. The van der Waals surface area contributed by atoms with Crippen LogP contribution in [0.25, 0.3) is 0 Å². The van der Waals surface area contributed by atoms with Crippen molar-refractivity contribution in [3.63, 3.8) is 0 Å². The van der Waals surface area contributed by atoms with E-state index in [1.807, 2.05) is 0 Å². The Kier molecular flexibility index (Phi) is 8.10. The minimum Gasteiger partial charge on any atom is -0.481 e. The summed E-state index contributed by atoms with van der Waals surface area (Å²) in [5.74, 6) is -0.130. The maximum absolute atomic E-state index is 12.5. The first-order valence-corrected chi connectivity index (χ1v) is 8.98. The van der Waals surface area contributed by atoms with Crippen molar-refractivity contribution < 1.29 is 19.1 Å². The normalized spacial score (nSPS) is 11.5. The highest BCUT2D eigenvalue weighted by Crippen LogP contribution is 2.20. The van der Waals surface area contributed by atoms with Crippen molar-refractivity contribution >= 4 is 29.1 Å². The number of hydrogen-bond acceptors (Lipinski definition) is 4. The van der Waals surface area contributed by atoms with Crippen LogP contribution in [-0.4, -0.2) is 38.2 Å². The number of anilines is 1. The minimum atomic E-state index is -0.763. The second-order valence-corrected chi connectivity index (χ2v) is 6.29. The Hall–Kier alpha value is -2.57. The van der Waals surface area contributed by atoms with Gasteiger partial charge in [-0.2, -0.15) is 0 Å². The molecular formula is C20H23ClN2O4. The van der Waals surface area contributed by atoms with E-state index in [4.69, 9.17) is 21.1 Å².